The minimum absolute atomic E-state index is 0.520. The zero-order chi connectivity index (χ0) is 9.80. The molecule has 72 valence electrons. The number of pyridine rings is 1. The third kappa shape index (κ3) is 2.03. The summed E-state index contributed by atoms with van der Waals surface area (Å²) in [7, 11) is 0. The van der Waals surface area contributed by atoms with Gasteiger partial charge in [-0.05, 0) is 18.6 Å². The van der Waals surface area contributed by atoms with Crippen LogP contribution in [0, 0.1) is 6.92 Å². The summed E-state index contributed by atoms with van der Waals surface area (Å²) in [4.78, 5) is 4.18. The van der Waals surface area contributed by atoms with Gasteiger partial charge in [0.15, 0.2) is 5.82 Å². The lowest BCUT2D eigenvalue weighted by Gasteiger charge is -2.01. The van der Waals surface area contributed by atoms with Gasteiger partial charge < -0.3 is 5.32 Å². The van der Waals surface area contributed by atoms with Crippen molar-refractivity contribution < 1.29 is 0 Å². The number of nitrogens with one attached hydrogen (secondary N) is 2. The summed E-state index contributed by atoms with van der Waals surface area (Å²) in [6.45, 7) is 2.52. The normalized spacial score (nSPS) is 10.1. The number of H-pyrrole nitrogens is 1. The Morgan fingerprint density at radius 2 is 2.36 bits per heavy atom. The maximum atomic E-state index is 4.18. The quantitative estimate of drug-likeness (QED) is 0.737. The second-order valence-corrected chi connectivity index (χ2v) is 2.90. The highest BCUT2D eigenvalue weighted by Crippen LogP contribution is 2.04. The molecule has 2 aromatic rings. The second-order valence-electron chi connectivity index (χ2n) is 2.90. The van der Waals surface area contributed by atoms with Crippen molar-refractivity contribution in [2.75, 3.05) is 5.32 Å². The van der Waals surface area contributed by atoms with Crippen LogP contribution in [0.1, 0.15) is 11.4 Å². The number of aryl methyl sites for hydroxylation is 1. The molecule has 6 heteroatoms. The Kier molecular flexibility index (Phi) is 2.35. The minimum atomic E-state index is 0.520. The van der Waals surface area contributed by atoms with E-state index in [-0.39, 0.29) is 0 Å². The summed E-state index contributed by atoms with van der Waals surface area (Å²) in [5, 5.41) is 16.5. The van der Waals surface area contributed by atoms with Crippen LogP contribution in [-0.2, 0) is 6.54 Å². The molecule has 0 saturated heterocycles. The molecule has 0 atom stereocenters. The van der Waals surface area contributed by atoms with Crippen molar-refractivity contribution in [1.82, 2.24) is 25.6 Å². The maximum Gasteiger partial charge on any atom is 0.193 e. The molecule has 0 radical (unpaired) electrons. The summed E-state index contributed by atoms with van der Waals surface area (Å²) in [6, 6.07) is 3.90. The third-order valence-corrected chi connectivity index (χ3v) is 1.73. The Labute approximate surface area is 80.8 Å². The average Bonchev–Trinajstić information content (AvgIpc) is 2.70. The van der Waals surface area contributed by atoms with E-state index in [4.69, 9.17) is 0 Å². The van der Waals surface area contributed by atoms with E-state index in [9.17, 15) is 0 Å². The first-order valence-electron chi connectivity index (χ1n) is 4.23. The van der Waals surface area contributed by atoms with Crippen LogP contribution in [0.15, 0.2) is 18.3 Å². The fourth-order valence-corrected chi connectivity index (χ4v) is 0.999. The van der Waals surface area contributed by atoms with Gasteiger partial charge in [-0.1, -0.05) is 11.3 Å². The van der Waals surface area contributed by atoms with Crippen molar-refractivity contribution in [1.29, 1.82) is 0 Å². The second kappa shape index (κ2) is 3.82. The van der Waals surface area contributed by atoms with E-state index in [1.807, 2.05) is 19.1 Å². The lowest BCUT2D eigenvalue weighted by Crippen LogP contribution is -2.02. The molecule has 14 heavy (non-hydrogen) atoms. The Hall–Kier alpha value is -1.98. The number of tetrazole rings is 1. The van der Waals surface area contributed by atoms with Gasteiger partial charge in [0.05, 0.1) is 6.54 Å². The lowest BCUT2D eigenvalue weighted by molar-refractivity contribution is 0.881. The zero-order valence-electron chi connectivity index (χ0n) is 7.73. The first kappa shape index (κ1) is 8.61. The molecule has 0 amide bonds. The summed E-state index contributed by atoms with van der Waals surface area (Å²) >= 11 is 0. The number of rotatable bonds is 3. The zero-order valence-corrected chi connectivity index (χ0v) is 7.73. The van der Waals surface area contributed by atoms with Crippen LogP contribution in [0.4, 0.5) is 5.82 Å². The highest BCUT2D eigenvalue weighted by atomic mass is 15.5. The molecule has 0 unspecified atom stereocenters. The van der Waals surface area contributed by atoms with Crippen LogP contribution < -0.4 is 5.32 Å². The van der Waals surface area contributed by atoms with Crippen molar-refractivity contribution in [3.05, 3.63) is 29.7 Å². The van der Waals surface area contributed by atoms with E-state index < -0.39 is 0 Å². The van der Waals surface area contributed by atoms with Crippen LogP contribution in [-0.4, -0.2) is 25.6 Å². The van der Waals surface area contributed by atoms with Gasteiger partial charge in [-0.2, -0.15) is 5.21 Å². The standard InChI is InChI=1S/C8H10N6/c1-6-2-3-7(9-4-6)10-5-8-11-13-14-12-8/h2-4H,5H2,1H3,(H,9,10)(H,11,12,13,14). The third-order valence-electron chi connectivity index (χ3n) is 1.73. The molecule has 0 aromatic carbocycles. The van der Waals surface area contributed by atoms with Gasteiger partial charge in [0.25, 0.3) is 0 Å². The Balaban J connectivity index is 1.95. The molecule has 0 fully saturated rings. The van der Waals surface area contributed by atoms with Gasteiger partial charge in [-0.25, -0.2) is 4.98 Å². The van der Waals surface area contributed by atoms with Gasteiger partial charge in [0.1, 0.15) is 5.82 Å². The number of anilines is 1. The van der Waals surface area contributed by atoms with E-state index in [0.29, 0.717) is 12.4 Å². The molecule has 0 aliphatic carbocycles. The molecule has 0 saturated carbocycles. The fraction of sp³-hybridized carbons (Fsp3) is 0.250. The van der Waals surface area contributed by atoms with Gasteiger partial charge in [0.2, 0.25) is 0 Å². The SMILES string of the molecule is Cc1ccc(NCc2nn[nH]n2)nc1. The van der Waals surface area contributed by atoms with Crippen molar-refractivity contribution in [2.24, 2.45) is 0 Å². The number of aromatic amines is 1. The van der Waals surface area contributed by atoms with Crippen LogP contribution >= 0.6 is 0 Å². The molecule has 2 rings (SSSR count). The van der Waals surface area contributed by atoms with Gasteiger partial charge in [-0.15, -0.1) is 10.2 Å². The van der Waals surface area contributed by atoms with E-state index >= 15 is 0 Å². The van der Waals surface area contributed by atoms with Crippen LogP contribution in [0.25, 0.3) is 0 Å². The average molecular weight is 190 g/mol. The van der Waals surface area contributed by atoms with Crippen molar-refractivity contribution >= 4 is 5.82 Å². The van der Waals surface area contributed by atoms with E-state index in [1.165, 1.54) is 0 Å². The molecular formula is C8H10N6. The summed E-state index contributed by atoms with van der Waals surface area (Å²) in [5.74, 6) is 1.42. The Bertz CT molecular complexity index is 379. The molecule has 6 nitrogen and oxygen atoms in total. The molecule has 0 aliphatic heterocycles. The first-order valence-corrected chi connectivity index (χ1v) is 4.23. The highest BCUT2D eigenvalue weighted by molar-refractivity contribution is 5.35. The minimum Gasteiger partial charge on any atom is -0.363 e. The maximum absolute atomic E-state index is 4.18. The topological polar surface area (TPSA) is 79.4 Å². The smallest absolute Gasteiger partial charge is 0.193 e. The molecule has 2 heterocycles. The number of hydrogen-bond donors (Lipinski definition) is 2. The van der Waals surface area contributed by atoms with Crippen molar-refractivity contribution in [2.45, 2.75) is 13.5 Å². The monoisotopic (exact) mass is 190 g/mol. The number of aromatic nitrogens is 5. The van der Waals surface area contributed by atoms with E-state index in [2.05, 4.69) is 30.9 Å². The number of nitrogens with zero attached hydrogens (tertiary/aromatic N) is 4. The fourth-order valence-electron chi connectivity index (χ4n) is 0.999. The van der Waals surface area contributed by atoms with Gasteiger partial charge in [-0.3, -0.25) is 0 Å². The lowest BCUT2D eigenvalue weighted by atomic mass is 10.3. The predicted molar refractivity (Wildman–Crippen MR) is 50.5 cm³/mol. The largest absolute Gasteiger partial charge is 0.363 e. The highest BCUT2D eigenvalue weighted by Gasteiger charge is 1.97. The van der Waals surface area contributed by atoms with E-state index in [1.54, 1.807) is 6.20 Å². The molecule has 0 aliphatic rings. The molecule has 0 spiro atoms. The molecule has 0 bridgehead atoms. The molecular weight excluding hydrogens is 180 g/mol. The summed E-state index contributed by atoms with van der Waals surface area (Å²) in [6.07, 6.45) is 1.80. The summed E-state index contributed by atoms with van der Waals surface area (Å²) < 4.78 is 0. The molecule has 2 aromatic heterocycles. The van der Waals surface area contributed by atoms with E-state index in [0.717, 1.165) is 11.4 Å². The van der Waals surface area contributed by atoms with Gasteiger partial charge >= 0.3 is 0 Å². The van der Waals surface area contributed by atoms with Crippen LogP contribution in [0.5, 0.6) is 0 Å². The van der Waals surface area contributed by atoms with Crippen molar-refractivity contribution in [3.63, 3.8) is 0 Å². The predicted octanol–water partition coefficient (Wildman–Crippen LogP) is 0.515. The van der Waals surface area contributed by atoms with Crippen molar-refractivity contribution in [3.8, 4) is 0 Å². The Morgan fingerprint density at radius 1 is 1.43 bits per heavy atom. The van der Waals surface area contributed by atoms with Crippen LogP contribution in [0.2, 0.25) is 0 Å². The van der Waals surface area contributed by atoms with Gasteiger partial charge in [0, 0.05) is 6.20 Å². The Morgan fingerprint density at radius 3 is 3.00 bits per heavy atom. The number of hydrogen-bond acceptors (Lipinski definition) is 5. The first-order chi connectivity index (χ1) is 6.84. The van der Waals surface area contributed by atoms with Crippen LogP contribution in [0.3, 0.4) is 0 Å². The molecule has 2 N–H and O–H groups in total. The summed E-state index contributed by atoms with van der Waals surface area (Å²) in [5.41, 5.74) is 1.13.